The van der Waals surface area contributed by atoms with Crippen LogP contribution in [0.15, 0.2) is 70.6 Å². The predicted octanol–water partition coefficient (Wildman–Crippen LogP) is 5.08. The van der Waals surface area contributed by atoms with Gasteiger partial charge in [0.15, 0.2) is 0 Å². The second-order valence-electron chi connectivity index (χ2n) is 7.62. The fourth-order valence-electron chi connectivity index (χ4n) is 3.80. The molecule has 1 saturated heterocycles. The van der Waals surface area contributed by atoms with E-state index in [1.807, 2.05) is 58.8 Å². The third kappa shape index (κ3) is 4.46. The molecule has 0 N–H and O–H groups in total. The molecule has 2 aromatic carbocycles. The highest BCUT2D eigenvalue weighted by Gasteiger charge is 2.26. The molecular weight excluding hydrogens is 444 g/mol. The minimum atomic E-state index is 0.0984. The number of benzene rings is 2. The lowest BCUT2D eigenvalue weighted by Gasteiger charge is -2.33. The summed E-state index contributed by atoms with van der Waals surface area (Å²) in [5.74, 6) is 1.22. The molecule has 0 spiro atoms. The Bertz CT molecular complexity index is 1200. The molecule has 0 saturated carbocycles. The lowest BCUT2D eigenvalue weighted by atomic mass is 10.1. The minimum absolute atomic E-state index is 0.0984. The van der Waals surface area contributed by atoms with Crippen molar-refractivity contribution in [3.8, 4) is 22.5 Å². The standard InChI is InChI=1S/C24H21ClN4O2S/c25-19-8-6-18(7-9-19)23-26-21(31-27-23)16-28-11-13-29(14-12-28)24(30)22-20(10-15-32-22)17-4-2-1-3-5-17/h1-10,15H,11-14,16H2. The van der Waals surface area contributed by atoms with Crippen LogP contribution >= 0.6 is 22.9 Å². The average molecular weight is 465 g/mol. The Morgan fingerprint density at radius 1 is 0.969 bits per heavy atom. The number of thiophene rings is 1. The molecule has 0 unspecified atom stereocenters. The van der Waals surface area contributed by atoms with Crippen LogP contribution in [0.4, 0.5) is 0 Å². The molecule has 3 heterocycles. The van der Waals surface area contributed by atoms with Crippen LogP contribution in [0, 0.1) is 0 Å². The minimum Gasteiger partial charge on any atom is -0.338 e. The molecule has 1 fully saturated rings. The van der Waals surface area contributed by atoms with Crippen LogP contribution in [0.3, 0.4) is 0 Å². The maximum absolute atomic E-state index is 13.2. The quantitative estimate of drug-likeness (QED) is 0.412. The highest BCUT2D eigenvalue weighted by atomic mass is 35.5. The molecule has 5 rings (SSSR count). The van der Waals surface area contributed by atoms with Crippen molar-refractivity contribution in [1.82, 2.24) is 19.9 Å². The Kier molecular flexibility index (Phi) is 6.03. The lowest BCUT2D eigenvalue weighted by Crippen LogP contribution is -2.48. The Hall–Kier alpha value is -3.00. The van der Waals surface area contributed by atoms with Crippen LogP contribution in [0.1, 0.15) is 15.6 Å². The summed E-state index contributed by atoms with van der Waals surface area (Å²) < 4.78 is 5.44. The van der Waals surface area contributed by atoms with Crippen molar-refractivity contribution in [2.75, 3.05) is 26.2 Å². The zero-order valence-corrected chi connectivity index (χ0v) is 18.9. The Morgan fingerprint density at radius 3 is 2.47 bits per heavy atom. The molecule has 1 aliphatic rings. The van der Waals surface area contributed by atoms with E-state index in [1.54, 1.807) is 12.1 Å². The fourth-order valence-corrected chi connectivity index (χ4v) is 4.81. The molecule has 0 atom stereocenters. The van der Waals surface area contributed by atoms with Crippen LogP contribution in [0.25, 0.3) is 22.5 Å². The number of halogens is 1. The monoisotopic (exact) mass is 464 g/mol. The van der Waals surface area contributed by atoms with E-state index < -0.39 is 0 Å². The number of aromatic nitrogens is 2. The van der Waals surface area contributed by atoms with Gasteiger partial charge in [0.1, 0.15) is 0 Å². The number of carbonyl (C=O) groups is 1. The van der Waals surface area contributed by atoms with Crippen molar-refractivity contribution < 1.29 is 9.32 Å². The van der Waals surface area contributed by atoms with Crippen LogP contribution < -0.4 is 0 Å². The van der Waals surface area contributed by atoms with Crippen LogP contribution in [0.5, 0.6) is 0 Å². The molecule has 0 aliphatic carbocycles. The third-order valence-corrected chi connectivity index (χ3v) is 6.69. The Labute approximate surface area is 195 Å². The number of carbonyl (C=O) groups excluding carboxylic acids is 1. The number of hydrogen-bond donors (Lipinski definition) is 0. The summed E-state index contributed by atoms with van der Waals surface area (Å²) in [6, 6.07) is 19.4. The summed E-state index contributed by atoms with van der Waals surface area (Å²) in [5, 5.41) is 6.73. The van der Waals surface area contributed by atoms with Gasteiger partial charge in [-0.05, 0) is 41.3 Å². The molecule has 6 nitrogen and oxygen atoms in total. The second kappa shape index (κ2) is 9.24. The van der Waals surface area contributed by atoms with Gasteiger partial charge in [-0.2, -0.15) is 4.98 Å². The number of hydrogen-bond acceptors (Lipinski definition) is 6. The highest BCUT2D eigenvalue weighted by Crippen LogP contribution is 2.29. The second-order valence-corrected chi connectivity index (χ2v) is 8.97. The zero-order chi connectivity index (χ0) is 21.9. The van der Waals surface area contributed by atoms with Gasteiger partial charge in [-0.3, -0.25) is 9.69 Å². The first-order valence-electron chi connectivity index (χ1n) is 10.4. The van der Waals surface area contributed by atoms with Crippen molar-refractivity contribution in [1.29, 1.82) is 0 Å². The maximum atomic E-state index is 13.2. The molecule has 8 heteroatoms. The van der Waals surface area contributed by atoms with Crippen LogP contribution in [-0.4, -0.2) is 52.0 Å². The van der Waals surface area contributed by atoms with Gasteiger partial charge in [0.25, 0.3) is 5.91 Å². The summed E-state index contributed by atoms with van der Waals surface area (Å²) in [7, 11) is 0. The van der Waals surface area contributed by atoms with Gasteiger partial charge in [-0.15, -0.1) is 11.3 Å². The number of nitrogens with zero attached hydrogens (tertiary/aromatic N) is 4. The van der Waals surface area contributed by atoms with Gasteiger partial charge < -0.3 is 9.42 Å². The van der Waals surface area contributed by atoms with Crippen molar-refractivity contribution in [2.45, 2.75) is 6.54 Å². The molecule has 1 amide bonds. The summed E-state index contributed by atoms with van der Waals surface area (Å²) in [6.07, 6.45) is 0. The Morgan fingerprint density at radius 2 is 1.72 bits per heavy atom. The first-order chi connectivity index (χ1) is 15.7. The fraction of sp³-hybridized carbons (Fsp3) is 0.208. The summed E-state index contributed by atoms with van der Waals surface area (Å²) in [5.41, 5.74) is 2.94. The van der Waals surface area contributed by atoms with Crippen molar-refractivity contribution in [2.24, 2.45) is 0 Å². The summed E-state index contributed by atoms with van der Waals surface area (Å²) in [4.78, 5) is 22.6. The smallest absolute Gasteiger partial charge is 0.264 e. The molecule has 32 heavy (non-hydrogen) atoms. The molecule has 2 aromatic heterocycles. The molecule has 4 aromatic rings. The van der Waals surface area contributed by atoms with E-state index in [9.17, 15) is 4.79 Å². The van der Waals surface area contributed by atoms with E-state index in [4.69, 9.17) is 16.1 Å². The third-order valence-electron chi connectivity index (χ3n) is 5.53. The maximum Gasteiger partial charge on any atom is 0.264 e. The summed E-state index contributed by atoms with van der Waals surface area (Å²) in [6.45, 7) is 3.43. The topological polar surface area (TPSA) is 62.5 Å². The van der Waals surface area contributed by atoms with Gasteiger partial charge in [-0.25, -0.2) is 0 Å². The number of piperazine rings is 1. The van der Waals surface area contributed by atoms with Crippen molar-refractivity contribution in [3.05, 3.63) is 81.8 Å². The van der Waals surface area contributed by atoms with Crippen molar-refractivity contribution >= 4 is 28.8 Å². The molecule has 0 radical (unpaired) electrons. The van der Waals surface area contributed by atoms with E-state index in [0.29, 0.717) is 36.4 Å². The largest absolute Gasteiger partial charge is 0.338 e. The van der Waals surface area contributed by atoms with Gasteiger partial charge in [0.05, 0.1) is 11.4 Å². The van der Waals surface area contributed by atoms with E-state index in [-0.39, 0.29) is 5.91 Å². The molecule has 1 aliphatic heterocycles. The zero-order valence-electron chi connectivity index (χ0n) is 17.3. The van der Waals surface area contributed by atoms with Gasteiger partial charge >= 0.3 is 0 Å². The number of amides is 1. The van der Waals surface area contributed by atoms with Gasteiger partial charge in [0, 0.05) is 42.3 Å². The van der Waals surface area contributed by atoms with Gasteiger partial charge in [0.2, 0.25) is 11.7 Å². The normalized spacial score (nSPS) is 14.6. The van der Waals surface area contributed by atoms with E-state index in [1.165, 1.54) is 11.3 Å². The summed E-state index contributed by atoms with van der Waals surface area (Å²) >= 11 is 7.45. The van der Waals surface area contributed by atoms with E-state index in [0.717, 1.165) is 34.7 Å². The van der Waals surface area contributed by atoms with Crippen LogP contribution in [0.2, 0.25) is 5.02 Å². The van der Waals surface area contributed by atoms with Crippen LogP contribution in [-0.2, 0) is 6.54 Å². The average Bonchev–Trinajstić information content (AvgIpc) is 3.50. The molecule has 162 valence electrons. The highest BCUT2D eigenvalue weighted by molar-refractivity contribution is 7.12. The Balaban J connectivity index is 1.20. The number of rotatable bonds is 5. The van der Waals surface area contributed by atoms with Gasteiger partial charge in [-0.1, -0.05) is 47.1 Å². The van der Waals surface area contributed by atoms with E-state index >= 15 is 0 Å². The molecular formula is C24H21ClN4O2S. The lowest BCUT2D eigenvalue weighted by molar-refractivity contribution is 0.0620. The SMILES string of the molecule is O=C(c1sccc1-c1ccccc1)N1CCN(Cc2nc(-c3ccc(Cl)cc3)no2)CC1. The first kappa shape index (κ1) is 20.9. The van der Waals surface area contributed by atoms with Crippen molar-refractivity contribution in [3.63, 3.8) is 0 Å². The molecule has 0 bridgehead atoms. The predicted molar refractivity (Wildman–Crippen MR) is 126 cm³/mol. The first-order valence-corrected chi connectivity index (χ1v) is 11.7. The van der Waals surface area contributed by atoms with E-state index in [2.05, 4.69) is 15.0 Å².